The van der Waals surface area contributed by atoms with Crippen molar-refractivity contribution in [1.29, 1.82) is 0 Å². The molecular formula is C15H24N2O. The summed E-state index contributed by atoms with van der Waals surface area (Å²) in [5, 5.41) is 2.90. The number of rotatable bonds is 8. The largest absolute Gasteiger partial charge is 0.355 e. The van der Waals surface area contributed by atoms with Crippen molar-refractivity contribution in [3.05, 3.63) is 35.9 Å². The summed E-state index contributed by atoms with van der Waals surface area (Å²) in [6.07, 6.45) is 4.82. The van der Waals surface area contributed by atoms with Crippen LogP contribution >= 0.6 is 0 Å². The van der Waals surface area contributed by atoms with Crippen LogP contribution in [-0.4, -0.2) is 18.5 Å². The molecule has 0 fully saturated rings. The normalized spacial score (nSPS) is 12.1. The number of amides is 1. The molecule has 1 rings (SSSR count). The fourth-order valence-corrected chi connectivity index (χ4v) is 1.84. The lowest BCUT2D eigenvalue weighted by molar-refractivity contribution is -0.122. The van der Waals surface area contributed by atoms with Crippen LogP contribution in [0.4, 0.5) is 0 Å². The molecule has 1 aromatic rings. The summed E-state index contributed by atoms with van der Waals surface area (Å²) >= 11 is 0. The molecule has 0 unspecified atom stereocenters. The molecule has 100 valence electrons. The highest BCUT2D eigenvalue weighted by Gasteiger charge is 2.11. The maximum absolute atomic E-state index is 11.6. The van der Waals surface area contributed by atoms with E-state index in [1.165, 1.54) is 5.56 Å². The first kappa shape index (κ1) is 14.7. The van der Waals surface area contributed by atoms with E-state index in [1.807, 2.05) is 18.2 Å². The van der Waals surface area contributed by atoms with Crippen molar-refractivity contribution in [2.75, 3.05) is 6.54 Å². The Labute approximate surface area is 110 Å². The number of hydrogen-bond donors (Lipinski definition) is 2. The highest BCUT2D eigenvalue weighted by Crippen LogP contribution is 2.02. The predicted octanol–water partition coefficient (Wildman–Crippen LogP) is 2.25. The Kier molecular flexibility index (Phi) is 7.11. The van der Waals surface area contributed by atoms with Crippen molar-refractivity contribution in [1.82, 2.24) is 5.32 Å². The summed E-state index contributed by atoms with van der Waals surface area (Å²) in [7, 11) is 0. The molecule has 0 bridgehead atoms. The Bertz CT molecular complexity index is 338. The number of nitrogens with one attached hydrogen (secondary N) is 1. The molecule has 0 saturated heterocycles. The molecule has 0 aromatic heterocycles. The minimum atomic E-state index is -0.346. The summed E-state index contributed by atoms with van der Waals surface area (Å²) in [6, 6.07) is 9.95. The van der Waals surface area contributed by atoms with Gasteiger partial charge in [0.05, 0.1) is 6.04 Å². The zero-order chi connectivity index (χ0) is 13.2. The van der Waals surface area contributed by atoms with E-state index in [2.05, 4.69) is 24.4 Å². The van der Waals surface area contributed by atoms with Crippen LogP contribution in [0.1, 0.15) is 38.2 Å². The standard InChI is InChI=1S/C15H24N2O/c1-2-3-11-14(16)15(18)17-12-7-10-13-8-5-4-6-9-13/h4-6,8-9,14H,2-3,7,10-12,16H2,1H3,(H,17,18)/t14-/m1/s1. The molecule has 1 aromatic carbocycles. The molecule has 1 atom stereocenters. The van der Waals surface area contributed by atoms with Gasteiger partial charge in [0.1, 0.15) is 0 Å². The molecule has 0 aliphatic rings. The Morgan fingerprint density at radius 2 is 2.00 bits per heavy atom. The Balaban J connectivity index is 2.12. The minimum absolute atomic E-state index is 0.0171. The summed E-state index contributed by atoms with van der Waals surface area (Å²) in [6.45, 7) is 2.80. The van der Waals surface area contributed by atoms with Crippen LogP contribution in [0.5, 0.6) is 0 Å². The van der Waals surface area contributed by atoms with Gasteiger partial charge in [-0.15, -0.1) is 0 Å². The fraction of sp³-hybridized carbons (Fsp3) is 0.533. The Morgan fingerprint density at radius 1 is 1.28 bits per heavy atom. The van der Waals surface area contributed by atoms with E-state index in [9.17, 15) is 4.79 Å². The first-order valence-corrected chi connectivity index (χ1v) is 6.81. The van der Waals surface area contributed by atoms with Crippen molar-refractivity contribution in [3.8, 4) is 0 Å². The van der Waals surface area contributed by atoms with Gasteiger partial charge in [-0.3, -0.25) is 4.79 Å². The Morgan fingerprint density at radius 3 is 2.67 bits per heavy atom. The van der Waals surface area contributed by atoms with Gasteiger partial charge in [-0.1, -0.05) is 50.1 Å². The van der Waals surface area contributed by atoms with Crippen LogP contribution in [0.15, 0.2) is 30.3 Å². The smallest absolute Gasteiger partial charge is 0.236 e. The van der Waals surface area contributed by atoms with E-state index in [-0.39, 0.29) is 11.9 Å². The van der Waals surface area contributed by atoms with Crippen molar-refractivity contribution < 1.29 is 4.79 Å². The van der Waals surface area contributed by atoms with E-state index >= 15 is 0 Å². The van der Waals surface area contributed by atoms with Crippen LogP contribution in [0.25, 0.3) is 0 Å². The van der Waals surface area contributed by atoms with E-state index in [4.69, 9.17) is 5.73 Å². The number of unbranched alkanes of at least 4 members (excludes halogenated alkanes) is 1. The first-order chi connectivity index (χ1) is 8.74. The van der Waals surface area contributed by atoms with E-state index in [1.54, 1.807) is 0 Å². The lowest BCUT2D eigenvalue weighted by Crippen LogP contribution is -2.40. The summed E-state index contributed by atoms with van der Waals surface area (Å²) < 4.78 is 0. The predicted molar refractivity (Wildman–Crippen MR) is 75.3 cm³/mol. The van der Waals surface area contributed by atoms with Gasteiger partial charge in [0.15, 0.2) is 0 Å². The van der Waals surface area contributed by atoms with Gasteiger partial charge in [0, 0.05) is 6.54 Å². The van der Waals surface area contributed by atoms with Crippen LogP contribution in [0.2, 0.25) is 0 Å². The number of nitrogens with two attached hydrogens (primary N) is 1. The highest BCUT2D eigenvalue weighted by atomic mass is 16.2. The molecule has 3 nitrogen and oxygen atoms in total. The molecule has 0 radical (unpaired) electrons. The molecule has 3 heteroatoms. The van der Waals surface area contributed by atoms with Gasteiger partial charge in [0.25, 0.3) is 0 Å². The lowest BCUT2D eigenvalue weighted by Gasteiger charge is -2.11. The average molecular weight is 248 g/mol. The van der Waals surface area contributed by atoms with Crippen molar-refractivity contribution in [3.63, 3.8) is 0 Å². The second-order valence-electron chi connectivity index (χ2n) is 4.63. The van der Waals surface area contributed by atoms with Gasteiger partial charge in [0.2, 0.25) is 5.91 Å². The number of hydrogen-bond acceptors (Lipinski definition) is 2. The molecular weight excluding hydrogens is 224 g/mol. The van der Waals surface area contributed by atoms with Crippen LogP contribution in [-0.2, 0) is 11.2 Å². The number of aryl methyl sites for hydroxylation is 1. The number of carbonyl (C=O) groups is 1. The van der Waals surface area contributed by atoms with Crippen molar-refractivity contribution in [2.45, 2.75) is 45.1 Å². The van der Waals surface area contributed by atoms with Gasteiger partial charge in [-0.25, -0.2) is 0 Å². The minimum Gasteiger partial charge on any atom is -0.355 e. The molecule has 0 heterocycles. The molecule has 0 aliphatic carbocycles. The fourth-order valence-electron chi connectivity index (χ4n) is 1.84. The molecule has 0 spiro atoms. The summed E-state index contributed by atoms with van der Waals surface area (Å²) in [4.78, 5) is 11.6. The number of benzene rings is 1. The molecule has 0 saturated carbocycles. The lowest BCUT2D eigenvalue weighted by atomic mass is 10.1. The van der Waals surface area contributed by atoms with Crippen molar-refractivity contribution >= 4 is 5.91 Å². The number of carbonyl (C=O) groups excluding carboxylic acids is 1. The first-order valence-electron chi connectivity index (χ1n) is 6.81. The van der Waals surface area contributed by atoms with Crippen LogP contribution in [0, 0.1) is 0 Å². The van der Waals surface area contributed by atoms with Gasteiger partial charge in [-0.2, -0.15) is 0 Å². The second kappa shape index (κ2) is 8.70. The van der Waals surface area contributed by atoms with Crippen molar-refractivity contribution in [2.24, 2.45) is 5.73 Å². The third kappa shape index (κ3) is 5.82. The molecule has 3 N–H and O–H groups in total. The van der Waals surface area contributed by atoms with E-state index in [0.717, 1.165) is 32.1 Å². The maximum atomic E-state index is 11.6. The zero-order valence-corrected chi connectivity index (χ0v) is 11.2. The van der Waals surface area contributed by atoms with Gasteiger partial charge < -0.3 is 11.1 Å². The van der Waals surface area contributed by atoms with Gasteiger partial charge >= 0.3 is 0 Å². The zero-order valence-electron chi connectivity index (χ0n) is 11.2. The summed E-state index contributed by atoms with van der Waals surface area (Å²) in [5.41, 5.74) is 7.09. The third-order valence-electron chi connectivity index (χ3n) is 2.99. The third-order valence-corrected chi connectivity index (χ3v) is 2.99. The second-order valence-corrected chi connectivity index (χ2v) is 4.63. The molecule has 0 aliphatic heterocycles. The quantitative estimate of drug-likeness (QED) is 0.693. The molecule has 1 amide bonds. The monoisotopic (exact) mass is 248 g/mol. The van der Waals surface area contributed by atoms with E-state index < -0.39 is 0 Å². The van der Waals surface area contributed by atoms with Crippen LogP contribution < -0.4 is 11.1 Å². The average Bonchev–Trinajstić information content (AvgIpc) is 2.41. The van der Waals surface area contributed by atoms with E-state index in [0.29, 0.717) is 6.54 Å². The van der Waals surface area contributed by atoms with Gasteiger partial charge in [-0.05, 0) is 24.8 Å². The maximum Gasteiger partial charge on any atom is 0.236 e. The highest BCUT2D eigenvalue weighted by molar-refractivity contribution is 5.81. The Hall–Kier alpha value is -1.35. The summed E-state index contributed by atoms with van der Waals surface area (Å²) in [5.74, 6) is -0.0171. The topological polar surface area (TPSA) is 55.1 Å². The SMILES string of the molecule is CCCC[C@@H](N)C(=O)NCCCc1ccccc1. The molecule has 18 heavy (non-hydrogen) atoms. The van der Waals surface area contributed by atoms with Crippen LogP contribution in [0.3, 0.4) is 0 Å².